The van der Waals surface area contributed by atoms with Crippen molar-refractivity contribution in [1.82, 2.24) is 0 Å². The Labute approximate surface area is 117 Å². The summed E-state index contributed by atoms with van der Waals surface area (Å²) >= 11 is 0. The molecule has 106 valence electrons. The maximum absolute atomic E-state index is 12.0. The zero-order chi connectivity index (χ0) is 14.6. The number of rotatable bonds is 6. The number of hydrogen-bond donors (Lipinski definition) is 1. The van der Waals surface area contributed by atoms with Crippen LogP contribution in [0.1, 0.15) is 29.3 Å². The third-order valence-corrected chi connectivity index (χ3v) is 4.17. The van der Waals surface area contributed by atoms with Gasteiger partial charge in [0.25, 0.3) is 0 Å². The van der Waals surface area contributed by atoms with E-state index in [1.165, 1.54) is 12.5 Å². The van der Waals surface area contributed by atoms with Gasteiger partial charge in [0.05, 0.1) is 17.6 Å². The van der Waals surface area contributed by atoms with Crippen molar-refractivity contribution in [3.05, 3.63) is 54.0 Å². The van der Waals surface area contributed by atoms with Crippen LogP contribution in [0.25, 0.3) is 0 Å². The molecule has 0 aliphatic heterocycles. The molecule has 2 aromatic rings. The molecule has 0 atom stereocenters. The second-order valence-electron chi connectivity index (χ2n) is 4.34. The lowest BCUT2D eigenvalue weighted by molar-refractivity contribution is 0.103. The highest BCUT2D eigenvalue weighted by Gasteiger charge is 2.12. The van der Waals surface area contributed by atoms with E-state index in [0.717, 1.165) is 0 Å². The average Bonchev–Trinajstić information content (AvgIpc) is 2.92. The summed E-state index contributed by atoms with van der Waals surface area (Å²) in [5.41, 5.74) is 1.39. The summed E-state index contributed by atoms with van der Waals surface area (Å²) < 4.78 is 30.6. The number of carbonyl (C=O) groups excluding carboxylic acids is 1. The van der Waals surface area contributed by atoms with Crippen molar-refractivity contribution >= 4 is 21.5 Å². The molecular weight excluding hydrogens is 278 g/mol. The fourth-order valence-electron chi connectivity index (χ4n) is 1.75. The Morgan fingerprint density at radius 2 is 1.85 bits per heavy atom. The van der Waals surface area contributed by atoms with Crippen LogP contribution in [0.15, 0.2) is 47.3 Å². The molecule has 0 unspecified atom stereocenters. The van der Waals surface area contributed by atoms with Crippen LogP contribution < -0.4 is 4.72 Å². The van der Waals surface area contributed by atoms with Crippen molar-refractivity contribution in [3.8, 4) is 0 Å². The summed E-state index contributed by atoms with van der Waals surface area (Å²) in [5, 5.41) is 0. The van der Waals surface area contributed by atoms with Crippen LogP contribution in [0.2, 0.25) is 0 Å². The molecule has 0 amide bonds. The zero-order valence-electron chi connectivity index (χ0n) is 11.0. The Morgan fingerprint density at radius 3 is 2.40 bits per heavy atom. The molecule has 0 aliphatic carbocycles. The summed E-state index contributed by atoms with van der Waals surface area (Å²) in [6.07, 6.45) is 3.35. The molecule has 6 heteroatoms. The number of carbonyl (C=O) groups is 1. The fourth-order valence-corrected chi connectivity index (χ4v) is 2.88. The first-order valence-corrected chi connectivity index (χ1v) is 7.84. The second kappa shape index (κ2) is 5.92. The van der Waals surface area contributed by atoms with Gasteiger partial charge in [0.2, 0.25) is 10.0 Å². The van der Waals surface area contributed by atoms with Crippen molar-refractivity contribution in [2.24, 2.45) is 0 Å². The van der Waals surface area contributed by atoms with Gasteiger partial charge in [-0.15, -0.1) is 0 Å². The van der Waals surface area contributed by atoms with E-state index in [4.69, 9.17) is 4.42 Å². The maximum Gasteiger partial charge on any atom is 0.232 e. The predicted octanol–water partition coefficient (Wildman–Crippen LogP) is 2.66. The number of benzene rings is 1. The molecule has 0 aliphatic rings. The summed E-state index contributed by atoms with van der Waals surface area (Å²) in [5.74, 6) is -0.0930. The Kier molecular flexibility index (Phi) is 4.24. The lowest BCUT2D eigenvalue weighted by Crippen LogP contribution is -2.16. The number of nitrogens with one attached hydrogen (secondary N) is 1. The Morgan fingerprint density at radius 1 is 1.15 bits per heavy atom. The summed E-state index contributed by atoms with van der Waals surface area (Å²) in [7, 11) is -3.31. The van der Waals surface area contributed by atoms with Gasteiger partial charge in [-0.1, -0.05) is 6.92 Å². The number of furan rings is 1. The largest absolute Gasteiger partial charge is 0.472 e. The van der Waals surface area contributed by atoms with E-state index in [0.29, 0.717) is 23.2 Å². The van der Waals surface area contributed by atoms with Crippen molar-refractivity contribution in [2.75, 3.05) is 10.5 Å². The highest BCUT2D eigenvalue weighted by molar-refractivity contribution is 7.92. The first kappa shape index (κ1) is 14.3. The number of anilines is 1. The average molecular weight is 293 g/mol. The number of hydrogen-bond acceptors (Lipinski definition) is 4. The Bertz CT molecular complexity index is 672. The summed E-state index contributed by atoms with van der Waals surface area (Å²) in [6, 6.07) is 7.89. The highest BCUT2D eigenvalue weighted by atomic mass is 32.2. The van der Waals surface area contributed by atoms with Crippen LogP contribution in [0.4, 0.5) is 5.69 Å². The highest BCUT2D eigenvalue weighted by Crippen LogP contribution is 2.15. The van der Waals surface area contributed by atoms with Crippen molar-refractivity contribution in [1.29, 1.82) is 0 Å². The molecule has 1 aromatic heterocycles. The van der Waals surface area contributed by atoms with Gasteiger partial charge in [-0.25, -0.2) is 8.42 Å². The van der Waals surface area contributed by atoms with E-state index in [1.54, 1.807) is 37.3 Å². The van der Waals surface area contributed by atoms with E-state index in [1.807, 2.05) is 0 Å². The van der Waals surface area contributed by atoms with Crippen LogP contribution in [0.5, 0.6) is 0 Å². The SMILES string of the molecule is CCCS(=O)(=O)Nc1ccc(C(=O)c2ccoc2)cc1. The molecule has 0 fully saturated rings. The molecule has 20 heavy (non-hydrogen) atoms. The molecule has 5 nitrogen and oxygen atoms in total. The van der Waals surface area contributed by atoms with E-state index in [9.17, 15) is 13.2 Å². The van der Waals surface area contributed by atoms with E-state index in [2.05, 4.69) is 4.72 Å². The smallest absolute Gasteiger partial charge is 0.232 e. The maximum atomic E-state index is 12.0. The van der Waals surface area contributed by atoms with Gasteiger partial charge >= 0.3 is 0 Å². The molecule has 0 radical (unpaired) electrons. The predicted molar refractivity (Wildman–Crippen MR) is 76.3 cm³/mol. The molecule has 1 aromatic carbocycles. The molecular formula is C14H15NO4S. The van der Waals surface area contributed by atoms with Gasteiger partial charge in [0.1, 0.15) is 6.26 Å². The topological polar surface area (TPSA) is 76.4 Å². The van der Waals surface area contributed by atoms with Crippen LogP contribution in [0.3, 0.4) is 0 Å². The van der Waals surface area contributed by atoms with Crippen molar-refractivity contribution < 1.29 is 17.6 Å². The second-order valence-corrected chi connectivity index (χ2v) is 6.18. The van der Waals surface area contributed by atoms with Gasteiger partial charge in [0.15, 0.2) is 5.78 Å². The van der Waals surface area contributed by atoms with Gasteiger partial charge in [-0.3, -0.25) is 9.52 Å². The minimum absolute atomic E-state index is 0.0721. The molecule has 0 saturated carbocycles. The first-order chi connectivity index (χ1) is 9.52. The number of ketones is 1. The standard InChI is InChI=1S/C14H15NO4S/c1-2-9-20(17,18)15-13-5-3-11(4-6-13)14(16)12-7-8-19-10-12/h3-8,10,15H,2,9H2,1H3. The molecule has 0 saturated heterocycles. The summed E-state index contributed by atoms with van der Waals surface area (Å²) in [6.45, 7) is 1.80. The first-order valence-electron chi connectivity index (χ1n) is 6.19. The van der Waals surface area contributed by atoms with Gasteiger partial charge in [-0.05, 0) is 36.8 Å². The third-order valence-electron chi connectivity index (χ3n) is 2.68. The minimum atomic E-state index is -3.31. The van der Waals surface area contributed by atoms with Gasteiger partial charge < -0.3 is 4.42 Å². The van der Waals surface area contributed by atoms with Crippen molar-refractivity contribution in [2.45, 2.75) is 13.3 Å². The van der Waals surface area contributed by atoms with Crippen LogP contribution in [-0.4, -0.2) is 20.0 Å². The fraction of sp³-hybridized carbons (Fsp3) is 0.214. The summed E-state index contributed by atoms with van der Waals surface area (Å²) in [4.78, 5) is 12.0. The molecule has 1 heterocycles. The molecule has 0 spiro atoms. The number of sulfonamides is 1. The molecule has 1 N–H and O–H groups in total. The molecule has 2 rings (SSSR count). The lowest BCUT2D eigenvalue weighted by atomic mass is 10.1. The van der Waals surface area contributed by atoms with E-state index < -0.39 is 10.0 Å². The Balaban J connectivity index is 2.13. The van der Waals surface area contributed by atoms with Crippen molar-refractivity contribution in [3.63, 3.8) is 0 Å². The van der Waals surface area contributed by atoms with E-state index in [-0.39, 0.29) is 11.5 Å². The monoisotopic (exact) mass is 293 g/mol. The van der Waals surface area contributed by atoms with Gasteiger partial charge in [-0.2, -0.15) is 0 Å². The van der Waals surface area contributed by atoms with Gasteiger partial charge in [0, 0.05) is 11.3 Å². The lowest BCUT2D eigenvalue weighted by Gasteiger charge is -2.07. The Hall–Kier alpha value is -2.08. The third kappa shape index (κ3) is 3.48. The normalized spacial score (nSPS) is 11.2. The zero-order valence-corrected chi connectivity index (χ0v) is 11.8. The van der Waals surface area contributed by atoms with Crippen LogP contribution >= 0.6 is 0 Å². The van der Waals surface area contributed by atoms with Crippen LogP contribution in [-0.2, 0) is 10.0 Å². The quantitative estimate of drug-likeness (QED) is 0.831. The molecule has 0 bridgehead atoms. The van der Waals surface area contributed by atoms with E-state index >= 15 is 0 Å². The van der Waals surface area contributed by atoms with Crippen LogP contribution in [0, 0.1) is 0 Å². The minimum Gasteiger partial charge on any atom is -0.472 e.